The number of nitrogens with one attached hydrogen (secondary N) is 1. The molecule has 3 aromatic carbocycles. The number of rotatable bonds is 6. The lowest BCUT2D eigenvalue weighted by Gasteiger charge is -2.23. The summed E-state index contributed by atoms with van der Waals surface area (Å²) in [5.74, 6) is 2.23. The maximum atomic E-state index is 5.91. The summed E-state index contributed by atoms with van der Waals surface area (Å²) >= 11 is 0. The van der Waals surface area contributed by atoms with Crippen molar-refractivity contribution in [1.82, 2.24) is 20.2 Å². The van der Waals surface area contributed by atoms with Crippen molar-refractivity contribution in [3.63, 3.8) is 0 Å². The molecule has 0 aliphatic carbocycles. The van der Waals surface area contributed by atoms with Crippen molar-refractivity contribution in [1.29, 1.82) is 0 Å². The van der Waals surface area contributed by atoms with Crippen LogP contribution in [0.5, 0.6) is 11.5 Å². The monoisotopic (exact) mass is 411 g/mol. The molecule has 1 aliphatic rings. The SMILES string of the molecule is COc1ccc(C2=C[C@@H](c3ccc(OCc4ccccc4)cc3)n3nnnc3N2)cc1. The van der Waals surface area contributed by atoms with E-state index < -0.39 is 0 Å². The van der Waals surface area contributed by atoms with E-state index >= 15 is 0 Å². The standard InChI is InChI=1S/C24H21N5O2/c1-30-20-11-7-18(8-12-20)22-15-23(29-24(25-22)26-27-28-29)19-9-13-21(14-10-19)31-16-17-5-3-2-4-6-17/h2-15,23H,16H2,1H3,(H,25,26,28)/t23-/m0/s1. The number of aromatic nitrogens is 4. The highest BCUT2D eigenvalue weighted by Gasteiger charge is 2.24. The largest absolute Gasteiger partial charge is 0.497 e. The van der Waals surface area contributed by atoms with E-state index in [0.29, 0.717) is 12.6 Å². The van der Waals surface area contributed by atoms with Crippen molar-refractivity contribution >= 4 is 11.6 Å². The Morgan fingerprint density at radius 1 is 0.903 bits per heavy atom. The molecule has 0 amide bonds. The Kier molecular flexibility index (Phi) is 5.06. The zero-order valence-electron chi connectivity index (χ0n) is 17.0. The Bertz CT molecular complexity index is 1180. The van der Waals surface area contributed by atoms with Crippen molar-refractivity contribution in [2.45, 2.75) is 12.6 Å². The van der Waals surface area contributed by atoms with Crippen LogP contribution in [0.2, 0.25) is 0 Å². The summed E-state index contributed by atoms with van der Waals surface area (Å²) in [5.41, 5.74) is 4.17. The van der Waals surface area contributed by atoms with E-state index in [1.54, 1.807) is 11.8 Å². The number of allylic oxidation sites excluding steroid dienone is 1. The van der Waals surface area contributed by atoms with E-state index in [2.05, 4.69) is 26.9 Å². The van der Waals surface area contributed by atoms with Gasteiger partial charge in [-0.25, -0.2) is 0 Å². The third-order valence-electron chi connectivity index (χ3n) is 5.20. The van der Waals surface area contributed by atoms with Crippen LogP contribution in [0.4, 0.5) is 5.95 Å². The molecule has 7 heteroatoms. The third-order valence-corrected chi connectivity index (χ3v) is 5.20. The predicted octanol–water partition coefficient (Wildman–Crippen LogP) is 4.32. The first-order valence-corrected chi connectivity index (χ1v) is 9.98. The average molecular weight is 411 g/mol. The fraction of sp³-hybridized carbons (Fsp3) is 0.125. The number of fused-ring (bicyclic) bond motifs is 1. The lowest BCUT2D eigenvalue weighted by Crippen LogP contribution is -2.20. The molecular formula is C24H21N5O2. The summed E-state index contributed by atoms with van der Waals surface area (Å²) in [5, 5.41) is 15.4. The van der Waals surface area contributed by atoms with E-state index in [4.69, 9.17) is 9.47 Å². The van der Waals surface area contributed by atoms with Gasteiger partial charge in [-0.05, 0) is 69.6 Å². The summed E-state index contributed by atoms with van der Waals surface area (Å²) in [7, 11) is 1.66. The van der Waals surface area contributed by atoms with Crippen LogP contribution in [0.1, 0.15) is 22.7 Å². The third kappa shape index (κ3) is 3.98. The first kappa shape index (κ1) is 18.9. The van der Waals surface area contributed by atoms with Gasteiger partial charge in [0.1, 0.15) is 24.1 Å². The number of anilines is 1. The van der Waals surface area contributed by atoms with Gasteiger partial charge in [0.15, 0.2) is 0 Å². The molecule has 1 aromatic heterocycles. The molecule has 1 aliphatic heterocycles. The maximum Gasteiger partial charge on any atom is 0.248 e. The average Bonchev–Trinajstić information content (AvgIpc) is 3.32. The molecule has 0 spiro atoms. The van der Waals surface area contributed by atoms with Gasteiger partial charge in [-0.2, -0.15) is 4.68 Å². The van der Waals surface area contributed by atoms with Gasteiger partial charge in [0, 0.05) is 5.70 Å². The Hall–Kier alpha value is -4.13. The quantitative estimate of drug-likeness (QED) is 0.509. The highest BCUT2D eigenvalue weighted by Crippen LogP contribution is 2.32. The summed E-state index contributed by atoms with van der Waals surface area (Å²) in [4.78, 5) is 0. The summed E-state index contributed by atoms with van der Waals surface area (Å²) in [6.07, 6.45) is 2.12. The van der Waals surface area contributed by atoms with Gasteiger partial charge < -0.3 is 14.8 Å². The van der Waals surface area contributed by atoms with E-state index in [-0.39, 0.29) is 6.04 Å². The van der Waals surface area contributed by atoms with E-state index in [9.17, 15) is 0 Å². The number of benzene rings is 3. The summed E-state index contributed by atoms with van der Waals surface area (Å²) in [6.45, 7) is 0.534. The Balaban J connectivity index is 1.39. The van der Waals surface area contributed by atoms with Crippen LogP contribution in [-0.4, -0.2) is 27.3 Å². The molecule has 2 heterocycles. The second-order valence-corrected chi connectivity index (χ2v) is 7.17. The Labute approximate surface area is 179 Å². The van der Waals surface area contributed by atoms with Crippen molar-refractivity contribution in [3.05, 3.63) is 102 Å². The zero-order valence-corrected chi connectivity index (χ0v) is 17.0. The second-order valence-electron chi connectivity index (χ2n) is 7.17. The number of hydrogen-bond acceptors (Lipinski definition) is 6. The van der Waals surface area contributed by atoms with E-state index in [1.165, 1.54) is 0 Å². The number of nitrogens with zero attached hydrogens (tertiary/aromatic N) is 4. The molecule has 154 valence electrons. The molecule has 5 rings (SSSR count). The topological polar surface area (TPSA) is 74.1 Å². The van der Waals surface area contributed by atoms with Gasteiger partial charge in [0.2, 0.25) is 5.95 Å². The van der Waals surface area contributed by atoms with Gasteiger partial charge in [0.05, 0.1) is 7.11 Å². The minimum atomic E-state index is -0.133. The van der Waals surface area contributed by atoms with Crippen LogP contribution in [-0.2, 0) is 6.61 Å². The second kappa shape index (κ2) is 8.31. The van der Waals surface area contributed by atoms with Crippen LogP contribution in [0.25, 0.3) is 5.70 Å². The van der Waals surface area contributed by atoms with Crippen molar-refractivity contribution < 1.29 is 9.47 Å². The fourth-order valence-electron chi connectivity index (χ4n) is 3.53. The molecule has 1 N–H and O–H groups in total. The van der Waals surface area contributed by atoms with E-state index in [0.717, 1.165) is 33.9 Å². The molecular weight excluding hydrogens is 390 g/mol. The smallest absolute Gasteiger partial charge is 0.248 e. The van der Waals surface area contributed by atoms with Gasteiger partial charge in [-0.3, -0.25) is 0 Å². The molecule has 4 aromatic rings. The van der Waals surface area contributed by atoms with Crippen LogP contribution >= 0.6 is 0 Å². The maximum absolute atomic E-state index is 5.91. The molecule has 31 heavy (non-hydrogen) atoms. The van der Waals surface area contributed by atoms with Crippen molar-refractivity contribution in [2.24, 2.45) is 0 Å². The lowest BCUT2D eigenvalue weighted by molar-refractivity contribution is 0.306. The minimum absolute atomic E-state index is 0.133. The Morgan fingerprint density at radius 2 is 1.65 bits per heavy atom. The van der Waals surface area contributed by atoms with Gasteiger partial charge in [-0.15, -0.1) is 0 Å². The normalized spacial score (nSPS) is 14.9. The van der Waals surface area contributed by atoms with Crippen LogP contribution in [0.15, 0.2) is 84.9 Å². The Morgan fingerprint density at radius 3 is 2.39 bits per heavy atom. The molecule has 0 saturated heterocycles. The molecule has 1 atom stereocenters. The first-order valence-electron chi connectivity index (χ1n) is 9.98. The molecule has 0 saturated carbocycles. The molecule has 7 nitrogen and oxygen atoms in total. The van der Waals surface area contributed by atoms with Gasteiger partial charge >= 0.3 is 0 Å². The minimum Gasteiger partial charge on any atom is -0.497 e. The van der Waals surface area contributed by atoms with Crippen molar-refractivity contribution in [3.8, 4) is 11.5 Å². The lowest BCUT2D eigenvalue weighted by atomic mass is 10.0. The molecule has 0 radical (unpaired) electrons. The fourth-order valence-corrected chi connectivity index (χ4v) is 3.53. The van der Waals surface area contributed by atoms with Gasteiger partial charge in [-0.1, -0.05) is 47.6 Å². The van der Waals surface area contributed by atoms with Crippen molar-refractivity contribution in [2.75, 3.05) is 12.4 Å². The highest BCUT2D eigenvalue weighted by atomic mass is 16.5. The van der Waals surface area contributed by atoms with Gasteiger partial charge in [0.25, 0.3) is 0 Å². The number of tetrazole rings is 1. The van der Waals surface area contributed by atoms with Crippen LogP contribution in [0, 0.1) is 0 Å². The predicted molar refractivity (Wildman–Crippen MR) is 118 cm³/mol. The van der Waals surface area contributed by atoms with Crippen LogP contribution in [0.3, 0.4) is 0 Å². The van der Waals surface area contributed by atoms with Crippen LogP contribution < -0.4 is 14.8 Å². The number of hydrogen-bond donors (Lipinski definition) is 1. The number of methoxy groups -OCH3 is 1. The summed E-state index contributed by atoms with van der Waals surface area (Å²) in [6, 6.07) is 25.9. The van der Waals surface area contributed by atoms with E-state index in [1.807, 2.05) is 78.9 Å². The first-order chi connectivity index (χ1) is 15.3. The summed E-state index contributed by atoms with van der Waals surface area (Å²) < 4.78 is 12.9. The molecule has 0 fully saturated rings. The highest BCUT2D eigenvalue weighted by molar-refractivity contribution is 5.77. The zero-order chi connectivity index (χ0) is 21.0. The molecule has 0 bridgehead atoms. The number of ether oxygens (including phenoxy) is 2. The molecule has 0 unspecified atom stereocenters.